The lowest BCUT2D eigenvalue weighted by atomic mass is 10.00. The SMILES string of the molecule is CC.CCCC1=NC2=C(CC=CC(C(=O)C(C)C)=C2)Sc2ccccc21. The zero-order chi connectivity index (χ0) is 19.1. The number of aliphatic imine (C=N–C) groups is 1. The Bertz CT molecular complexity index is 781. The third kappa shape index (κ3) is 4.64. The maximum atomic E-state index is 12.4. The Hall–Kier alpha value is -1.87. The van der Waals surface area contributed by atoms with Gasteiger partial charge in [0.25, 0.3) is 0 Å². The number of thioether (sulfide) groups is 1. The molecular weight excluding hydrogens is 338 g/mol. The molecule has 0 amide bonds. The molecule has 1 aliphatic heterocycles. The van der Waals surface area contributed by atoms with Gasteiger partial charge in [-0.15, -0.1) is 0 Å². The van der Waals surface area contributed by atoms with Crippen LogP contribution in [0.5, 0.6) is 0 Å². The summed E-state index contributed by atoms with van der Waals surface area (Å²) >= 11 is 1.78. The minimum atomic E-state index is -0.00206. The van der Waals surface area contributed by atoms with Crippen molar-refractivity contribution in [3.63, 3.8) is 0 Å². The van der Waals surface area contributed by atoms with E-state index < -0.39 is 0 Å². The third-order valence-electron chi connectivity index (χ3n) is 4.16. The van der Waals surface area contributed by atoms with Gasteiger partial charge in [-0.3, -0.25) is 9.79 Å². The predicted molar refractivity (Wildman–Crippen MR) is 114 cm³/mol. The van der Waals surface area contributed by atoms with Crippen molar-refractivity contribution in [3.05, 3.63) is 64.2 Å². The summed E-state index contributed by atoms with van der Waals surface area (Å²) in [5.74, 6) is 0.178. The average molecular weight is 368 g/mol. The van der Waals surface area contributed by atoms with E-state index in [1.165, 1.54) is 15.4 Å². The number of carbonyl (C=O) groups excluding carboxylic acids is 1. The molecule has 1 aromatic carbocycles. The van der Waals surface area contributed by atoms with Crippen LogP contribution in [-0.2, 0) is 4.79 Å². The Balaban J connectivity index is 0.00000117. The molecule has 3 heteroatoms. The van der Waals surface area contributed by atoms with Gasteiger partial charge in [0.15, 0.2) is 5.78 Å². The van der Waals surface area contributed by atoms with Gasteiger partial charge in [-0.05, 0) is 25.0 Å². The number of hydrogen-bond acceptors (Lipinski definition) is 3. The van der Waals surface area contributed by atoms with E-state index in [4.69, 9.17) is 4.99 Å². The van der Waals surface area contributed by atoms with Gasteiger partial charge >= 0.3 is 0 Å². The molecule has 26 heavy (non-hydrogen) atoms. The van der Waals surface area contributed by atoms with E-state index in [1.54, 1.807) is 11.8 Å². The normalized spacial score (nSPS) is 15.8. The Morgan fingerprint density at radius 1 is 1.23 bits per heavy atom. The van der Waals surface area contributed by atoms with Crippen molar-refractivity contribution < 1.29 is 4.79 Å². The zero-order valence-corrected chi connectivity index (χ0v) is 17.3. The van der Waals surface area contributed by atoms with Gasteiger partial charge in [0, 0.05) is 32.6 Å². The van der Waals surface area contributed by atoms with Gasteiger partial charge in [0.2, 0.25) is 0 Å². The number of nitrogens with zero attached hydrogens (tertiary/aromatic N) is 1. The fourth-order valence-corrected chi connectivity index (χ4v) is 4.00. The Kier molecular flexibility index (Phi) is 7.65. The minimum absolute atomic E-state index is 0.00206. The fourth-order valence-electron chi connectivity index (χ4n) is 2.91. The third-order valence-corrected chi connectivity index (χ3v) is 5.36. The second-order valence-electron chi connectivity index (χ2n) is 6.44. The first kappa shape index (κ1) is 20.4. The van der Waals surface area contributed by atoms with Crippen molar-refractivity contribution >= 4 is 23.3 Å². The van der Waals surface area contributed by atoms with Crippen LogP contribution >= 0.6 is 11.8 Å². The van der Waals surface area contributed by atoms with Crippen LogP contribution in [0.4, 0.5) is 0 Å². The highest BCUT2D eigenvalue weighted by atomic mass is 32.2. The summed E-state index contributed by atoms with van der Waals surface area (Å²) in [5, 5.41) is 0. The van der Waals surface area contributed by atoms with Crippen molar-refractivity contribution in [2.45, 2.75) is 58.8 Å². The van der Waals surface area contributed by atoms with Crippen molar-refractivity contribution in [2.75, 3.05) is 0 Å². The molecule has 1 aliphatic carbocycles. The summed E-state index contributed by atoms with van der Waals surface area (Å²) in [4.78, 5) is 19.9. The van der Waals surface area contributed by atoms with Gasteiger partial charge in [-0.1, -0.05) is 83.2 Å². The lowest BCUT2D eigenvalue weighted by Gasteiger charge is -2.08. The molecule has 0 bridgehead atoms. The molecule has 0 N–H and O–H groups in total. The van der Waals surface area contributed by atoms with Crippen LogP contribution in [0.1, 0.15) is 59.4 Å². The molecule has 1 heterocycles. The van der Waals surface area contributed by atoms with E-state index in [0.717, 1.165) is 36.2 Å². The van der Waals surface area contributed by atoms with Gasteiger partial charge in [-0.25, -0.2) is 0 Å². The monoisotopic (exact) mass is 367 g/mol. The van der Waals surface area contributed by atoms with E-state index in [-0.39, 0.29) is 11.7 Å². The first-order chi connectivity index (χ1) is 12.6. The van der Waals surface area contributed by atoms with Gasteiger partial charge in [0.05, 0.1) is 5.70 Å². The first-order valence-electron chi connectivity index (χ1n) is 9.60. The van der Waals surface area contributed by atoms with E-state index in [0.29, 0.717) is 0 Å². The lowest BCUT2D eigenvalue weighted by Crippen LogP contribution is -2.09. The number of allylic oxidation sites excluding steroid dienone is 5. The van der Waals surface area contributed by atoms with Gasteiger partial charge in [-0.2, -0.15) is 0 Å². The zero-order valence-electron chi connectivity index (χ0n) is 16.5. The maximum Gasteiger partial charge on any atom is 0.165 e. The smallest absolute Gasteiger partial charge is 0.165 e. The van der Waals surface area contributed by atoms with Crippen LogP contribution < -0.4 is 0 Å². The molecule has 0 fully saturated rings. The molecule has 0 saturated heterocycles. The van der Waals surface area contributed by atoms with Crippen LogP contribution in [0.2, 0.25) is 0 Å². The molecule has 0 spiro atoms. The summed E-state index contributed by atoms with van der Waals surface area (Å²) in [6.07, 6.45) is 8.85. The summed E-state index contributed by atoms with van der Waals surface area (Å²) in [6.45, 7) is 10.1. The number of rotatable bonds is 4. The molecule has 0 atom stereocenters. The van der Waals surface area contributed by atoms with Crippen LogP contribution in [-0.4, -0.2) is 11.5 Å². The number of fused-ring (bicyclic) bond motifs is 1. The number of carbonyl (C=O) groups is 1. The standard InChI is InChI=1S/C21H23NOS.C2H6/c1-4-8-17-16-10-5-6-11-19(16)24-20-12-7-9-15(13-18(20)22-17)21(23)14(2)3;1-2/h5-7,9-11,13-14H,4,8,12H2,1-3H3;1-2H3. The van der Waals surface area contributed by atoms with Gasteiger partial charge in [0.1, 0.15) is 0 Å². The summed E-state index contributed by atoms with van der Waals surface area (Å²) in [7, 11) is 0. The minimum Gasteiger partial charge on any atom is -0.294 e. The van der Waals surface area contributed by atoms with Crippen LogP contribution in [0.15, 0.2) is 68.6 Å². The molecule has 2 aliphatic rings. The quantitative estimate of drug-likeness (QED) is 0.590. The Morgan fingerprint density at radius 2 is 1.96 bits per heavy atom. The predicted octanol–water partition coefficient (Wildman–Crippen LogP) is 6.73. The molecule has 0 radical (unpaired) electrons. The van der Waals surface area contributed by atoms with E-state index in [1.807, 2.05) is 39.8 Å². The topological polar surface area (TPSA) is 29.4 Å². The number of ketones is 1. The second-order valence-corrected chi connectivity index (χ2v) is 7.58. The summed E-state index contributed by atoms with van der Waals surface area (Å²) in [6, 6.07) is 8.48. The maximum absolute atomic E-state index is 12.4. The van der Waals surface area contributed by atoms with Crippen molar-refractivity contribution in [2.24, 2.45) is 10.9 Å². The highest BCUT2D eigenvalue weighted by Gasteiger charge is 2.20. The number of benzene rings is 1. The van der Waals surface area contributed by atoms with Crippen LogP contribution in [0, 0.1) is 5.92 Å². The van der Waals surface area contributed by atoms with Crippen LogP contribution in [0.25, 0.3) is 0 Å². The summed E-state index contributed by atoms with van der Waals surface area (Å²) in [5.41, 5.74) is 4.07. The number of Topliss-reactive ketones (excluding diaryl/α,β-unsaturated/α-hetero) is 1. The average Bonchev–Trinajstić information content (AvgIpc) is 2.93. The van der Waals surface area contributed by atoms with E-state index >= 15 is 0 Å². The molecule has 0 unspecified atom stereocenters. The van der Waals surface area contributed by atoms with E-state index in [9.17, 15) is 4.79 Å². The molecular formula is C23H29NOS. The second kappa shape index (κ2) is 9.72. The summed E-state index contributed by atoms with van der Waals surface area (Å²) < 4.78 is 0. The molecule has 0 aromatic heterocycles. The highest BCUT2D eigenvalue weighted by molar-refractivity contribution is 8.03. The fraction of sp³-hybridized carbons (Fsp3) is 0.391. The van der Waals surface area contributed by atoms with Crippen molar-refractivity contribution in [1.29, 1.82) is 0 Å². The van der Waals surface area contributed by atoms with Crippen LogP contribution in [0.3, 0.4) is 0 Å². The lowest BCUT2D eigenvalue weighted by molar-refractivity contribution is -0.117. The highest BCUT2D eigenvalue weighted by Crippen LogP contribution is 2.39. The molecule has 0 saturated carbocycles. The Morgan fingerprint density at radius 3 is 2.65 bits per heavy atom. The molecule has 1 aromatic rings. The number of hydrogen-bond donors (Lipinski definition) is 0. The largest absolute Gasteiger partial charge is 0.294 e. The molecule has 2 nitrogen and oxygen atoms in total. The Labute approximate surface area is 162 Å². The molecule has 138 valence electrons. The van der Waals surface area contributed by atoms with E-state index in [2.05, 4.69) is 37.3 Å². The van der Waals surface area contributed by atoms with Crippen molar-refractivity contribution in [3.8, 4) is 0 Å². The van der Waals surface area contributed by atoms with Gasteiger partial charge < -0.3 is 0 Å². The van der Waals surface area contributed by atoms with Crippen molar-refractivity contribution in [1.82, 2.24) is 0 Å². The first-order valence-corrected chi connectivity index (χ1v) is 10.4. The molecule has 3 rings (SSSR count).